The summed E-state index contributed by atoms with van der Waals surface area (Å²) in [6.07, 6.45) is 1.72. The molecule has 0 bridgehead atoms. The van der Waals surface area contributed by atoms with Gasteiger partial charge in [-0.1, -0.05) is 0 Å². The molecule has 0 heterocycles. The second-order valence-electron chi connectivity index (χ2n) is 3.17. The third kappa shape index (κ3) is 3.99. The lowest BCUT2D eigenvalue weighted by atomic mass is 10.3. The predicted octanol–water partition coefficient (Wildman–Crippen LogP) is 0.775. The highest BCUT2D eigenvalue weighted by Gasteiger charge is 2.13. The number of sulfonamides is 1. The van der Waals surface area contributed by atoms with Gasteiger partial charge >= 0.3 is 0 Å². The van der Waals surface area contributed by atoms with Gasteiger partial charge < -0.3 is 5.32 Å². The Hall–Kier alpha value is -1.12. The van der Waals surface area contributed by atoms with Crippen molar-refractivity contribution in [2.75, 3.05) is 17.3 Å². The summed E-state index contributed by atoms with van der Waals surface area (Å²) in [5, 5.41) is 7.17. The van der Waals surface area contributed by atoms with Gasteiger partial charge in [0.25, 0.3) is 0 Å². The van der Waals surface area contributed by atoms with E-state index in [2.05, 4.69) is 5.32 Å². The minimum Gasteiger partial charge on any atom is -0.323 e. The molecular weight excluding hydrogens is 267 g/mol. The zero-order valence-electron chi connectivity index (χ0n) is 8.94. The van der Waals surface area contributed by atoms with E-state index < -0.39 is 21.7 Å². The quantitative estimate of drug-likeness (QED) is 0.851. The molecule has 0 aliphatic rings. The largest absolute Gasteiger partial charge is 0.323 e. The number of nitrogens with two attached hydrogens (primary N) is 1. The van der Waals surface area contributed by atoms with Crippen molar-refractivity contribution in [3.8, 4) is 0 Å². The first-order valence-corrected chi connectivity index (χ1v) is 7.39. The van der Waals surface area contributed by atoms with E-state index in [9.17, 15) is 17.6 Å². The maximum absolute atomic E-state index is 13.3. The van der Waals surface area contributed by atoms with Gasteiger partial charge in [-0.05, 0) is 24.5 Å². The number of benzene rings is 1. The lowest BCUT2D eigenvalue weighted by Gasteiger charge is -2.07. The van der Waals surface area contributed by atoms with Gasteiger partial charge in [-0.2, -0.15) is 11.8 Å². The number of hydrogen-bond acceptors (Lipinski definition) is 4. The highest BCUT2D eigenvalue weighted by Crippen LogP contribution is 2.18. The van der Waals surface area contributed by atoms with Gasteiger partial charge in [-0.3, -0.25) is 4.79 Å². The molecule has 0 saturated carbocycles. The van der Waals surface area contributed by atoms with Gasteiger partial charge in [-0.15, -0.1) is 0 Å². The maximum atomic E-state index is 13.3. The zero-order chi connectivity index (χ0) is 13.1. The summed E-state index contributed by atoms with van der Waals surface area (Å²) in [5.41, 5.74) is -0.199. The third-order valence-corrected chi connectivity index (χ3v) is 3.28. The van der Waals surface area contributed by atoms with Crippen molar-refractivity contribution in [2.45, 2.75) is 4.90 Å². The third-order valence-electron chi connectivity index (χ3n) is 1.82. The molecule has 8 heteroatoms. The Morgan fingerprint density at radius 2 is 2.18 bits per heavy atom. The summed E-state index contributed by atoms with van der Waals surface area (Å²) >= 11 is 1.27. The first-order chi connectivity index (χ1) is 7.84. The van der Waals surface area contributed by atoms with E-state index in [0.29, 0.717) is 0 Å². The molecule has 3 N–H and O–H groups in total. The van der Waals surface area contributed by atoms with Crippen LogP contribution in [0.3, 0.4) is 0 Å². The second-order valence-corrected chi connectivity index (χ2v) is 5.60. The number of rotatable bonds is 4. The molecule has 0 aliphatic heterocycles. The summed E-state index contributed by atoms with van der Waals surface area (Å²) in [5.74, 6) is -0.978. The van der Waals surface area contributed by atoms with Gasteiger partial charge in [0.2, 0.25) is 15.9 Å². The Morgan fingerprint density at radius 3 is 2.71 bits per heavy atom. The molecule has 1 rings (SSSR count). The van der Waals surface area contributed by atoms with Gasteiger partial charge in [-0.25, -0.2) is 17.9 Å². The number of halogens is 1. The van der Waals surface area contributed by atoms with Crippen molar-refractivity contribution in [3.63, 3.8) is 0 Å². The topological polar surface area (TPSA) is 89.3 Å². The molecule has 0 spiro atoms. The molecular formula is C9H11FN2O3S2. The van der Waals surface area contributed by atoms with Crippen molar-refractivity contribution >= 4 is 33.4 Å². The molecule has 0 aromatic heterocycles. The van der Waals surface area contributed by atoms with E-state index >= 15 is 0 Å². The normalized spacial score (nSPS) is 11.2. The van der Waals surface area contributed by atoms with Gasteiger partial charge in [0.05, 0.1) is 16.3 Å². The lowest BCUT2D eigenvalue weighted by Crippen LogP contribution is -2.17. The van der Waals surface area contributed by atoms with Crippen molar-refractivity contribution in [2.24, 2.45) is 5.14 Å². The fourth-order valence-corrected chi connectivity index (χ4v) is 1.97. The number of amides is 1. The summed E-state index contributed by atoms with van der Waals surface area (Å²) in [6.45, 7) is 0. The van der Waals surface area contributed by atoms with Crippen LogP contribution < -0.4 is 10.5 Å². The minimum atomic E-state index is -3.91. The van der Waals surface area contributed by atoms with Crippen LogP contribution in [0.5, 0.6) is 0 Å². The molecule has 1 aromatic rings. The molecule has 0 saturated heterocycles. The number of primary sulfonamides is 1. The average Bonchev–Trinajstić information content (AvgIpc) is 2.20. The number of thioether (sulfide) groups is 1. The fraction of sp³-hybridized carbons (Fsp3) is 0.222. The Bertz CT molecular complexity index is 531. The van der Waals surface area contributed by atoms with Crippen LogP contribution in [0.25, 0.3) is 0 Å². The van der Waals surface area contributed by atoms with Crippen molar-refractivity contribution in [1.29, 1.82) is 0 Å². The summed E-state index contributed by atoms with van der Waals surface area (Å²) in [6, 6.07) is 2.96. The molecule has 0 fully saturated rings. The maximum Gasteiger partial charge on any atom is 0.238 e. The molecule has 0 unspecified atom stereocenters. The number of carbonyl (C=O) groups is 1. The first kappa shape index (κ1) is 13.9. The van der Waals surface area contributed by atoms with Crippen molar-refractivity contribution in [3.05, 3.63) is 24.0 Å². The van der Waals surface area contributed by atoms with E-state index in [4.69, 9.17) is 5.14 Å². The summed E-state index contributed by atoms with van der Waals surface area (Å²) in [4.78, 5) is 11.0. The minimum absolute atomic E-state index is 0.152. The van der Waals surface area contributed by atoms with Crippen LogP contribution in [-0.4, -0.2) is 26.3 Å². The number of nitrogens with one attached hydrogen (secondary N) is 1. The number of carbonyl (C=O) groups excluding carboxylic acids is 1. The lowest BCUT2D eigenvalue weighted by molar-refractivity contribution is -0.113. The second kappa shape index (κ2) is 5.48. The predicted molar refractivity (Wildman–Crippen MR) is 64.8 cm³/mol. The Morgan fingerprint density at radius 1 is 1.53 bits per heavy atom. The van der Waals surface area contributed by atoms with Crippen LogP contribution in [0.2, 0.25) is 0 Å². The molecule has 0 aliphatic carbocycles. The molecule has 17 heavy (non-hydrogen) atoms. The molecule has 1 amide bonds. The Labute approximate surface area is 103 Å². The highest BCUT2D eigenvalue weighted by atomic mass is 32.2. The fourth-order valence-electron chi connectivity index (χ4n) is 1.09. The van der Waals surface area contributed by atoms with Gasteiger partial charge in [0.1, 0.15) is 5.82 Å². The molecule has 5 nitrogen and oxygen atoms in total. The molecule has 1 aromatic carbocycles. The van der Waals surface area contributed by atoms with E-state index in [1.807, 2.05) is 0 Å². The monoisotopic (exact) mass is 278 g/mol. The Kier molecular flexibility index (Phi) is 4.49. The van der Waals surface area contributed by atoms with Crippen LogP contribution in [-0.2, 0) is 14.8 Å². The standard InChI is InChI=1S/C9H11FN2O3S2/c1-16-5-9(13)12-8-4-6(17(11,14)15)2-3-7(8)10/h2-4H,5H2,1H3,(H,12,13)(H2,11,14,15). The van der Waals surface area contributed by atoms with Crippen LogP contribution in [0.15, 0.2) is 23.1 Å². The van der Waals surface area contributed by atoms with Crippen LogP contribution in [0.4, 0.5) is 10.1 Å². The van der Waals surface area contributed by atoms with E-state index in [1.54, 1.807) is 6.26 Å². The van der Waals surface area contributed by atoms with Gasteiger partial charge in [0.15, 0.2) is 0 Å². The Balaban J connectivity index is 3.03. The smallest absolute Gasteiger partial charge is 0.238 e. The molecule has 0 atom stereocenters. The van der Waals surface area contributed by atoms with Crippen LogP contribution in [0.1, 0.15) is 0 Å². The first-order valence-electron chi connectivity index (χ1n) is 4.45. The molecule has 0 radical (unpaired) electrons. The van der Waals surface area contributed by atoms with E-state index in [0.717, 1.165) is 18.2 Å². The number of anilines is 1. The van der Waals surface area contributed by atoms with Gasteiger partial charge in [0, 0.05) is 0 Å². The van der Waals surface area contributed by atoms with Crippen molar-refractivity contribution < 1.29 is 17.6 Å². The van der Waals surface area contributed by atoms with E-state index in [-0.39, 0.29) is 16.3 Å². The average molecular weight is 278 g/mol. The zero-order valence-corrected chi connectivity index (χ0v) is 10.6. The van der Waals surface area contributed by atoms with Crippen LogP contribution in [0, 0.1) is 5.82 Å². The SMILES string of the molecule is CSCC(=O)Nc1cc(S(N)(=O)=O)ccc1F. The van der Waals surface area contributed by atoms with E-state index in [1.165, 1.54) is 11.8 Å². The van der Waals surface area contributed by atoms with Crippen molar-refractivity contribution in [1.82, 2.24) is 0 Å². The highest BCUT2D eigenvalue weighted by molar-refractivity contribution is 7.99. The number of hydrogen-bond donors (Lipinski definition) is 2. The van der Waals surface area contributed by atoms with Crippen LogP contribution >= 0.6 is 11.8 Å². The summed E-state index contributed by atoms with van der Waals surface area (Å²) < 4.78 is 35.4. The summed E-state index contributed by atoms with van der Waals surface area (Å²) in [7, 11) is -3.91. The molecule has 94 valence electrons.